The topological polar surface area (TPSA) is 30.5 Å². The molecule has 3 nitrogen and oxygen atoms in total. The second-order valence-corrected chi connectivity index (χ2v) is 5.34. The first-order valence-electron chi connectivity index (χ1n) is 6.68. The molecule has 0 aromatic heterocycles. The van der Waals surface area contributed by atoms with Crippen molar-refractivity contribution >= 4 is 0 Å². The molecule has 0 bridgehead atoms. The Bertz CT molecular complexity index is 191. The molecule has 1 N–H and O–H groups in total. The van der Waals surface area contributed by atoms with Crippen molar-refractivity contribution in [1.29, 1.82) is 0 Å². The minimum absolute atomic E-state index is 0.0245. The Kier molecular flexibility index (Phi) is 4.62. The van der Waals surface area contributed by atoms with E-state index in [1.165, 1.54) is 45.1 Å². The first kappa shape index (κ1) is 12.3. The highest BCUT2D eigenvalue weighted by Gasteiger charge is 2.36. The molecule has 0 spiro atoms. The van der Waals surface area contributed by atoms with Crippen molar-refractivity contribution in [3.63, 3.8) is 0 Å². The predicted molar refractivity (Wildman–Crippen MR) is 64.6 cm³/mol. The quantitative estimate of drug-likeness (QED) is 0.796. The van der Waals surface area contributed by atoms with Crippen molar-refractivity contribution in [1.82, 2.24) is 5.32 Å². The Balaban J connectivity index is 1.89. The maximum atomic E-state index is 6.06. The van der Waals surface area contributed by atoms with Gasteiger partial charge in [0, 0.05) is 13.7 Å². The Hall–Kier alpha value is -0.120. The van der Waals surface area contributed by atoms with Gasteiger partial charge in [0.05, 0.1) is 12.2 Å². The second-order valence-electron chi connectivity index (χ2n) is 5.34. The highest BCUT2D eigenvalue weighted by molar-refractivity contribution is 4.87. The van der Waals surface area contributed by atoms with Gasteiger partial charge in [0.25, 0.3) is 0 Å². The summed E-state index contributed by atoms with van der Waals surface area (Å²) in [7, 11) is 1.79. The highest BCUT2D eigenvalue weighted by Crippen LogP contribution is 2.33. The van der Waals surface area contributed by atoms with E-state index in [2.05, 4.69) is 5.32 Å². The zero-order chi connectivity index (χ0) is 11.3. The first-order chi connectivity index (χ1) is 7.85. The molecule has 0 aromatic carbocycles. The van der Waals surface area contributed by atoms with Crippen LogP contribution >= 0.6 is 0 Å². The largest absolute Gasteiger partial charge is 0.382 e. The smallest absolute Gasteiger partial charge is 0.0917 e. The molecule has 3 heteroatoms. The fourth-order valence-corrected chi connectivity index (χ4v) is 3.13. The lowest BCUT2D eigenvalue weighted by Gasteiger charge is -2.40. The van der Waals surface area contributed by atoms with Gasteiger partial charge in [-0.3, -0.25) is 0 Å². The van der Waals surface area contributed by atoms with Gasteiger partial charge in [-0.05, 0) is 57.5 Å². The molecule has 2 atom stereocenters. The van der Waals surface area contributed by atoms with Crippen LogP contribution < -0.4 is 5.32 Å². The molecule has 2 rings (SSSR count). The van der Waals surface area contributed by atoms with Crippen LogP contribution in [0, 0.1) is 5.92 Å². The molecule has 0 amide bonds. The standard InChI is InChI=1S/C13H25NO2/c1-15-11-13(6-2-3-8-16-13)9-12-5-4-7-14-10-12/h12,14H,2-11H2,1H3. The van der Waals surface area contributed by atoms with Gasteiger partial charge in [0.1, 0.15) is 0 Å². The van der Waals surface area contributed by atoms with E-state index in [1.807, 2.05) is 0 Å². The van der Waals surface area contributed by atoms with Crippen molar-refractivity contribution in [2.45, 2.75) is 44.1 Å². The molecule has 2 saturated heterocycles. The maximum absolute atomic E-state index is 6.06. The van der Waals surface area contributed by atoms with Crippen LogP contribution in [-0.4, -0.2) is 39.0 Å². The van der Waals surface area contributed by atoms with E-state index in [0.29, 0.717) is 0 Å². The van der Waals surface area contributed by atoms with Gasteiger partial charge in [0.2, 0.25) is 0 Å². The van der Waals surface area contributed by atoms with Gasteiger partial charge in [-0.25, -0.2) is 0 Å². The van der Waals surface area contributed by atoms with Crippen LogP contribution in [0.15, 0.2) is 0 Å². The number of ether oxygens (including phenoxy) is 2. The molecule has 2 aliphatic heterocycles. The summed E-state index contributed by atoms with van der Waals surface area (Å²) in [6, 6.07) is 0. The molecule has 2 fully saturated rings. The number of rotatable bonds is 4. The summed E-state index contributed by atoms with van der Waals surface area (Å²) < 4.78 is 11.4. The Morgan fingerprint density at radius 2 is 2.31 bits per heavy atom. The summed E-state index contributed by atoms with van der Waals surface area (Å²) in [6.45, 7) is 4.04. The van der Waals surface area contributed by atoms with Crippen LogP contribution in [0.5, 0.6) is 0 Å². The van der Waals surface area contributed by atoms with Gasteiger partial charge in [-0.15, -0.1) is 0 Å². The predicted octanol–water partition coefficient (Wildman–Crippen LogP) is 1.96. The van der Waals surface area contributed by atoms with Crippen LogP contribution in [0.25, 0.3) is 0 Å². The van der Waals surface area contributed by atoms with Crippen LogP contribution in [-0.2, 0) is 9.47 Å². The summed E-state index contributed by atoms with van der Waals surface area (Å²) in [5.74, 6) is 0.780. The number of hydrogen-bond donors (Lipinski definition) is 1. The molecule has 0 aromatic rings. The molecule has 0 saturated carbocycles. The van der Waals surface area contributed by atoms with Gasteiger partial charge in [0.15, 0.2) is 0 Å². The van der Waals surface area contributed by atoms with Gasteiger partial charge in [-0.1, -0.05) is 0 Å². The van der Waals surface area contributed by atoms with E-state index >= 15 is 0 Å². The zero-order valence-corrected chi connectivity index (χ0v) is 10.5. The Morgan fingerprint density at radius 3 is 2.94 bits per heavy atom. The normalized spacial score (nSPS) is 36.2. The molecular formula is C13H25NO2. The van der Waals surface area contributed by atoms with E-state index in [0.717, 1.165) is 25.7 Å². The average Bonchev–Trinajstić information content (AvgIpc) is 2.31. The van der Waals surface area contributed by atoms with Crippen LogP contribution in [0.1, 0.15) is 38.5 Å². The number of hydrogen-bond acceptors (Lipinski definition) is 3. The van der Waals surface area contributed by atoms with Crippen molar-refractivity contribution in [3.8, 4) is 0 Å². The average molecular weight is 227 g/mol. The summed E-state index contributed by atoms with van der Waals surface area (Å²) in [5.41, 5.74) is 0.0245. The monoisotopic (exact) mass is 227 g/mol. The van der Waals surface area contributed by atoms with Crippen molar-refractivity contribution in [2.75, 3.05) is 33.4 Å². The van der Waals surface area contributed by atoms with E-state index in [-0.39, 0.29) is 5.60 Å². The third-order valence-corrected chi connectivity index (χ3v) is 3.90. The molecule has 0 radical (unpaired) electrons. The fourth-order valence-electron chi connectivity index (χ4n) is 3.13. The van der Waals surface area contributed by atoms with E-state index in [4.69, 9.17) is 9.47 Å². The summed E-state index contributed by atoms with van der Waals surface area (Å²) in [6.07, 6.45) is 7.53. The zero-order valence-electron chi connectivity index (χ0n) is 10.5. The second kappa shape index (κ2) is 5.99. The summed E-state index contributed by atoms with van der Waals surface area (Å²) >= 11 is 0. The van der Waals surface area contributed by atoms with E-state index in [9.17, 15) is 0 Å². The highest BCUT2D eigenvalue weighted by atomic mass is 16.5. The van der Waals surface area contributed by atoms with Crippen molar-refractivity contribution in [3.05, 3.63) is 0 Å². The lowest BCUT2D eigenvalue weighted by Crippen LogP contribution is -2.45. The first-order valence-corrected chi connectivity index (χ1v) is 6.68. The van der Waals surface area contributed by atoms with Gasteiger partial charge >= 0.3 is 0 Å². The fraction of sp³-hybridized carbons (Fsp3) is 1.00. The SMILES string of the molecule is COCC1(CC2CCCNC2)CCCCO1. The molecule has 16 heavy (non-hydrogen) atoms. The van der Waals surface area contributed by atoms with Gasteiger partial charge in [-0.2, -0.15) is 0 Å². The molecule has 2 aliphatic rings. The van der Waals surface area contributed by atoms with Gasteiger partial charge < -0.3 is 14.8 Å². The Morgan fingerprint density at radius 1 is 1.38 bits per heavy atom. The molecule has 0 aliphatic carbocycles. The van der Waals surface area contributed by atoms with Crippen molar-refractivity contribution < 1.29 is 9.47 Å². The molecule has 2 heterocycles. The minimum Gasteiger partial charge on any atom is -0.382 e. The van der Waals surface area contributed by atoms with E-state index < -0.39 is 0 Å². The molecule has 2 unspecified atom stereocenters. The number of piperidine rings is 1. The lowest BCUT2D eigenvalue weighted by atomic mass is 9.82. The number of nitrogens with one attached hydrogen (secondary N) is 1. The summed E-state index contributed by atoms with van der Waals surface area (Å²) in [4.78, 5) is 0. The van der Waals surface area contributed by atoms with Crippen LogP contribution in [0.4, 0.5) is 0 Å². The minimum atomic E-state index is 0.0245. The van der Waals surface area contributed by atoms with Crippen LogP contribution in [0.3, 0.4) is 0 Å². The van der Waals surface area contributed by atoms with E-state index in [1.54, 1.807) is 7.11 Å². The lowest BCUT2D eigenvalue weighted by molar-refractivity contribution is -0.128. The Labute approximate surface area is 98.9 Å². The maximum Gasteiger partial charge on any atom is 0.0917 e. The number of methoxy groups -OCH3 is 1. The molecular weight excluding hydrogens is 202 g/mol. The summed E-state index contributed by atoms with van der Waals surface area (Å²) in [5, 5.41) is 3.49. The molecule has 94 valence electrons. The third kappa shape index (κ3) is 3.19. The van der Waals surface area contributed by atoms with Crippen molar-refractivity contribution in [2.24, 2.45) is 5.92 Å². The van der Waals surface area contributed by atoms with Crippen LogP contribution in [0.2, 0.25) is 0 Å². The third-order valence-electron chi connectivity index (χ3n) is 3.90.